The van der Waals surface area contributed by atoms with E-state index in [-0.39, 0.29) is 16.1 Å². The van der Waals surface area contributed by atoms with E-state index >= 15 is 0 Å². The van der Waals surface area contributed by atoms with Crippen LogP contribution in [-0.4, -0.2) is 13.5 Å². The van der Waals surface area contributed by atoms with Crippen LogP contribution < -0.4 is 4.72 Å². The van der Waals surface area contributed by atoms with Crippen molar-refractivity contribution in [3.63, 3.8) is 0 Å². The predicted molar refractivity (Wildman–Crippen MR) is 69.5 cm³/mol. The van der Waals surface area contributed by atoms with Crippen molar-refractivity contribution in [3.8, 4) is 0 Å². The molecule has 2 aromatic rings. The Bertz CT molecular complexity index is 715. The molecule has 106 valence electrons. The van der Waals surface area contributed by atoms with Gasteiger partial charge in [0.25, 0.3) is 10.0 Å². The Morgan fingerprint density at radius 1 is 1.00 bits per heavy atom. The molecule has 0 heterocycles. The number of nitrogens with one attached hydrogen (secondary N) is 1. The van der Waals surface area contributed by atoms with E-state index < -0.39 is 28.3 Å². The van der Waals surface area contributed by atoms with Crippen molar-refractivity contribution in [3.05, 3.63) is 59.7 Å². The molecule has 0 bridgehead atoms. The first-order chi connectivity index (χ1) is 9.42. The minimum Gasteiger partial charge on any atom is -0.392 e. The second-order valence-electron chi connectivity index (χ2n) is 4.02. The second kappa shape index (κ2) is 5.56. The van der Waals surface area contributed by atoms with Crippen LogP contribution in [0.3, 0.4) is 0 Å². The summed E-state index contributed by atoms with van der Waals surface area (Å²) in [6, 6.07) is 7.73. The minimum atomic E-state index is -4.06. The standard InChI is InChI=1S/C13H11F2NO3S/c14-10-3-5-12(6-4-10)16-20(18,19)13-7-11(15)2-1-9(13)8-17/h1-7,16-17H,8H2. The molecule has 0 saturated heterocycles. The fraction of sp³-hybridized carbons (Fsp3) is 0.0769. The number of sulfonamides is 1. The molecule has 0 aromatic heterocycles. The van der Waals surface area contributed by atoms with Crippen LogP contribution in [0.5, 0.6) is 0 Å². The third-order valence-electron chi connectivity index (χ3n) is 2.59. The van der Waals surface area contributed by atoms with Crippen LogP contribution in [0.15, 0.2) is 47.4 Å². The predicted octanol–water partition coefficient (Wildman–Crippen LogP) is 2.26. The highest BCUT2D eigenvalue weighted by Crippen LogP contribution is 2.21. The van der Waals surface area contributed by atoms with Gasteiger partial charge in [-0.1, -0.05) is 6.07 Å². The zero-order chi connectivity index (χ0) is 14.8. The molecule has 2 aromatic carbocycles. The normalized spacial score (nSPS) is 11.3. The average molecular weight is 299 g/mol. The van der Waals surface area contributed by atoms with Gasteiger partial charge in [-0.15, -0.1) is 0 Å². The van der Waals surface area contributed by atoms with Gasteiger partial charge >= 0.3 is 0 Å². The molecule has 2 rings (SSSR count). The molecule has 0 unspecified atom stereocenters. The van der Waals surface area contributed by atoms with E-state index in [1.807, 2.05) is 0 Å². The van der Waals surface area contributed by atoms with Gasteiger partial charge in [-0.2, -0.15) is 0 Å². The number of halogens is 2. The lowest BCUT2D eigenvalue weighted by atomic mass is 10.2. The third-order valence-corrected chi connectivity index (χ3v) is 4.05. The number of hydrogen-bond donors (Lipinski definition) is 2. The quantitative estimate of drug-likeness (QED) is 0.910. The molecule has 0 amide bonds. The summed E-state index contributed by atoms with van der Waals surface area (Å²) in [6.07, 6.45) is 0. The topological polar surface area (TPSA) is 66.4 Å². The highest BCUT2D eigenvalue weighted by molar-refractivity contribution is 7.92. The molecular formula is C13H11F2NO3S. The number of anilines is 1. The van der Waals surface area contributed by atoms with Gasteiger partial charge in [-0.3, -0.25) is 4.72 Å². The van der Waals surface area contributed by atoms with Crippen LogP contribution in [0.25, 0.3) is 0 Å². The van der Waals surface area contributed by atoms with Crippen LogP contribution in [0.2, 0.25) is 0 Å². The summed E-state index contributed by atoms with van der Waals surface area (Å²) in [6.45, 7) is -0.542. The summed E-state index contributed by atoms with van der Waals surface area (Å²) in [5.41, 5.74) is 0.209. The van der Waals surface area contributed by atoms with Crippen LogP contribution in [0.4, 0.5) is 14.5 Å². The molecule has 0 aliphatic heterocycles. The van der Waals surface area contributed by atoms with E-state index in [1.165, 1.54) is 18.2 Å². The number of hydrogen-bond acceptors (Lipinski definition) is 3. The largest absolute Gasteiger partial charge is 0.392 e. The average Bonchev–Trinajstić information content (AvgIpc) is 2.41. The first kappa shape index (κ1) is 14.4. The van der Waals surface area contributed by atoms with Gasteiger partial charge in [0.15, 0.2) is 0 Å². The number of benzene rings is 2. The summed E-state index contributed by atoms with van der Waals surface area (Å²) in [5, 5.41) is 9.11. The number of aliphatic hydroxyl groups excluding tert-OH is 1. The maximum Gasteiger partial charge on any atom is 0.262 e. The van der Waals surface area contributed by atoms with Crippen molar-refractivity contribution in [2.24, 2.45) is 0 Å². The van der Waals surface area contributed by atoms with E-state index in [9.17, 15) is 17.2 Å². The number of aliphatic hydroxyl groups is 1. The van der Waals surface area contributed by atoms with Gasteiger partial charge in [0.1, 0.15) is 11.6 Å². The fourth-order valence-electron chi connectivity index (χ4n) is 1.64. The highest BCUT2D eigenvalue weighted by atomic mass is 32.2. The van der Waals surface area contributed by atoms with E-state index in [2.05, 4.69) is 4.72 Å². The van der Waals surface area contributed by atoms with Crippen LogP contribution in [0, 0.1) is 11.6 Å². The Labute approximate surface area is 114 Å². The molecule has 2 N–H and O–H groups in total. The first-order valence-corrected chi connectivity index (χ1v) is 7.08. The molecule has 0 saturated carbocycles. The summed E-state index contributed by atoms with van der Waals surface area (Å²) in [5.74, 6) is -1.24. The van der Waals surface area contributed by atoms with Gasteiger partial charge in [0.05, 0.1) is 11.5 Å². The van der Waals surface area contributed by atoms with Gasteiger partial charge in [0.2, 0.25) is 0 Å². The monoisotopic (exact) mass is 299 g/mol. The zero-order valence-electron chi connectivity index (χ0n) is 10.2. The van der Waals surface area contributed by atoms with Crippen LogP contribution in [0.1, 0.15) is 5.56 Å². The van der Waals surface area contributed by atoms with Crippen molar-refractivity contribution < 1.29 is 22.3 Å². The Morgan fingerprint density at radius 3 is 2.20 bits per heavy atom. The lowest BCUT2D eigenvalue weighted by Crippen LogP contribution is -2.15. The Kier molecular flexibility index (Phi) is 4.01. The third kappa shape index (κ3) is 3.12. The SMILES string of the molecule is O=S(=O)(Nc1ccc(F)cc1)c1cc(F)ccc1CO. The lowest BCUT2D eigenvalue weighted by molar-refractivity contribution is 0.278. The summed E-state index contributed by atoms with van der Waals surface area (Å²) in [7, 11) is -4.06. The lowest BCUT2D eigenvalue weighted by Gasteiger charge is -2.11. The summed E-state index contributed by atoms with van der Waals surface area (Å²) < 4.78 is 52.4. The second-order valence-corrected chi connectivity index (χ2v) is 5.67. The van der Waals surface area contributed by atoms with Gasteiger partial charge in [-0.25, -0.2) is 17.2 Å². The van der Waals surface area contributed by atoms with Gasteiger partial charge < -0.3 is 5.11 Å². The van der Waals surface area contributed by atoms with Crippen molar-refractivity contribution in [2.75, 3.05) is 4.72 Å². The van der Waals surface area contributed by atoms with Crippen LogP contribution >= 0.6 is 0 Å². The molecule has 0 radical (unpaired) electrons. The zero-order valence-corrected chi connectivity index (χ0v) is 11.0. The Balaban J connectivity index is 2.40. The smallest absolute Gasteiger partial charge is 0.262 e. The maximum atomic E-state index is 13.2. The molecule has 4 nitrogen and oxygen atoms in total. The number of rotatable bonds is 4. The molecule has 0 aliphatic rings. The first-order valence-electron chi connectivity index (χ1n) is 5.60. The van der Waals surface area contributed by atoms with Crippen molar-refractivity contribution in [2.45, 2.75) is 11.5 Å². The Morgan fingerprint density at radius 2 is 1.60 bits per heavy atom. The molecular weight excluding hydrogens is 288 g/mol. The Hall–Kier alpha value is -1.99. The highest BCUT2D eigenvalue weighted by Gasteiger charge is 2.19. The van der Waals surface area contributed by atoms with E-state index in [0.717, 1.165) is 24.3 Å². The molecule has 0 fully saturated rings. The van der Waals surface area contributed by atoms with Gasteiger partial charge in [-0.05, 0) is 42.0 Å². The molecule has 7 heteroatoms. The van der Waals surface area contributed by atoms with E-state index in [1.54, 1.807) is 0 Å². The molecule has 0 atom stereocenters. The van der Waals surface area contributed by atoms with Crippen molar-refractivity contribution in [1.82, 2.24) is 0 Å². The molecule has 20 heavy (non-hydrogen) atoms. The minimum absolute atomic E-state index is 0.0704. The maximum absolute atomic E-state index is 13.2. The summed E-state index contributed by atoms with van der Waals surface area (Å²) in [4.78, 5) is -0.357. The fourth-order valence-corrected chi connectivity index (χ4v) is 2.94. The van der Waals surface area contributed by atoms with E-state index in [4.69, 9.17) is 5.11 Å². The molecule has 0 spiro atoms. The van der Waals surface area contributed by atoms with Crippen molar-refractivity contribution in [1.29, 1.82) is 0 Å². The van der Waals surface area contributed by atoms with Crippen LogP contribution in [-0.2, 0) is 16.6 Å². The summed E-state index contributed by atoms with van der Waals surface area (Å²) >= 11 is 0. The molecule has 0 aliphatic carbocycles. The van der Waals surface area contributed by atoms with Crippen molar-refractivity contribution >= 4 is 15.7 Å². The van der Waals surface area contributed by atoms with Gasteiger partial charge in [0, 0.05) is 5.69 Å². The van der Waals surface area contributed by atoms with E-state index in [0.29, 0.717) is 0 Å².